The molecule has 1 unspecified atom stereocenters. The topological polar surface area (TPSA) is 16.1 Å². The van der Waals surface area contributed by atoms with Gasteiger partial charge in [-0.05, 0) is 30.6 Å². The second-order valence-corrected chi connectivity index (χ2v) is 4.85. The Kier molecular flexibility index (Phi) is 3.85. The van der Waals surface area contributed by atoms with Crippen LogP contribution in [0.2, 0.25) is 0 Å². The van der Waals surface area contributed by atoms with Gasteiger partial charge in [-0.15, -0.1) is 0 Å². The average Bonchev–Trinajstić information content (AvgIpc) is 2.50. The van der Waals surface area contributed by atoms with Gasteiger partial charge in [-0.3, -0.25) is 0 Å². The first-order valence-electron chi connectivity index (χ1n) is 6.80. The van der Waals surface area contributed by atoms with Gasteiger partial charge in [-0.1, -0.05) is 33.4 Å². The molecule has 96 valence electrons. The molecule has 2 nitrogen and oxygen atoms in total. The van der Waals surface area contributed by atoms with Gasteiger partial charge >= 0.3 is 0 Å². The zero-order valence-corrected chi connectivity index (χ0v) is 11.6. The Morgan fingerprint density at radius 3 is 2.83 bits per heavy atom. The van der Waals surface area contributed by atoms with Gasteiger partial charge in [0.1, 0.15) is 5.82 Å². The average molecular weight is 242 g/mol. The molecule has 0 aromatic carbocycles. The van der Waals surface area contributed by atoms with E-state index in [9.17, 15) is 0 Å². The minimum absolute atomic E-state index is 0.345. The van der Waals surface area contributed by atoms with Crippen molar-refractivity contribution in [2.75, 3.05) is 11.4 Å². The molecule has 0 N–H and O–H groups in total. The number of allylic oxidation sites excluding steroid dienone is 3. The van der Waals surface area contributed by atoms with Crippen LogP contribution in [0.15, 0.2) is 42.3 Å². The minimum Gasteiger partial charge on any atom is -0.330 e. The number of nitrogens with zero attached hydrogens (tertiary/aromatic N) is 2. The van der Waals surface area contributed by atoms with E-state index in [0.717, 1.165) is 25.2 Å². The van der Waals surface area contributed by atoms with Crippen molar-refractivity contribution in [3.63, 3.8) is 0 Å². The normalized spacial score (nSPS) is 19.3. The zero-order valence-electron chi connectivity index (χ0n) is 11.6. The van der Waals surface area contributed by atoms with E-state index in [2.05, 4.69) is 49.4 Å². The molecule has 0 spiro atoms. The van der Waals surface area contributed by atoms with Gasteiger partial charge in [0.2, 0.25) is 0 Å². The fraction of sp³-hybridized carbons (Fsp3) is 0.438. The van der Waals surface area contributed by atoms with Gasteiger partial charge in [-0.2, -0.15) is 0 Å². The first-order chi connectivity index (χ1) is 8.69. The zero-order chi connectivity index (χ0) is 13.1. The molecular weight excluding hydrogens is 220 g/mol. The number of hydrogen-bond acceptors (Lipinski definition) is 2. The third kappa shape index (κ3) is 2.20. The van der Waals surface area contributed by atoms with Gasteiger partial charge in [0.25, 0.3) is 0 Å². The van der Waals surface area contributed by atoms with E-state index in [4.69, 9.17) is 0 Å². The van der Waals surface area contributed by atoms with Crippen molar-refractivity contribution in [3.8, 4) is 0 Å². The highest BCUT2D eigenvalue weighted by molar-refractivity contribution is 5.59. The highest BCUT2D eigenvalue weighted by atomic mass is 15.2. The number of anilines is 1. The molecule has 0 bridgehead atoms. The first-order valence-corrected chi connectivity index (χ1v) is 6.80. The van der Waals surface area contributed by atoms with Crippen molar-refractivity contribution in [2.45, 2.75) is 39.5 Å². The Balaban J connectivity index is 2.57. The summed E-state index contributed by atoms with van der Waals surface area (Å²) in [5.41, 5.74) is 3.79. The maximum absolute atomic E-state index is 4.61. The summed E-state index contributed by atoms with van der Waals surface area (Å²) >= 11 is 0. The Hall–Kier alpha value is -1.57. The third-order valence-electron chi connectivity index (χ3n) is 3.60. The van der Waals surface area contributed by atoms with Gasteiger partial charge in [0.05, 0.1) is 0 Å². The molecule has 1 aliphatic rings. The fourth-order valence-electron chi connectivity index (χ4n) is 2.49. The maximum Gasteiger partial charge on any atom is 0.136 e. The predicted molar refractivity (Wildman–Crippen MR) is 77.8 cm³/mol. The van der Waals surface area contributed by atoms with Gasteiger partial charge in [-0.25, -0.2) is 4.98 Å². The maximum atomic E-state index is 4.61. The van der Waals surface area contributed by atoms with Crippen LogP contribution in [0.4, 0.5) is 5.82 Å². The van der Waals surface area contributed by atoms with E-state index in [1.54, 1.807) is 0 Å². The summed E-state index contributed by atoms with van der Waals surface area (Å²) in [7, 11) is 0. The summed E-state index contributed by atoms with van der Waals surface area (Å²) in [4.78, 5) is 6.96. The smallest absolute Gasteiger partial charge is 0.136 e. The fourth-order valence-corrected chi connectivity index (χ4v) is 2.49. The van der Waals surface area contributed by atoms with Crippen LogP contribution >= 0.6 is 0 Å². The second-order valence-electron chi connectivity index (χ2n) is 4.85. The lowest BCUT2D eigenvalue weighted by atomic mass is 9.95. The molecule has 0 fully saturated rings. The number of hydrogen-bond donors (Lipinski definition) is 0. The molecule has 0 amide bonds. The summed E-state index contributed by atoms with van der Waals surface area (Å²) in [6.45, 7) is 11.8. The quantitative estimate of drug-likeness (QED) is 0.787. The van der Waals surface area contributed by atoms with Crippen LogP contribution in [0.25, 0.3) is 0 Å². The molecule has 1 aromatic rings. The van der Waals surface area contributed by atoms with Crippen LogP contribution in [0.5, 0.6) is 0 Å². The van der Waals surface area contributed by atoms with E-state index in [-0.39, 0.29) is 0 Å². The lowest BCUT2D eigenvalue weighted by molar-refractivity contribution is 0.803. The summed E-state index contributed by atoms with van der Waals surface area (Å²) in [5, 5.41) is 0. The molecule has 0 saturated heterocycles. The minimum atomic E-state index is 0.345. The van der Waals surface area contributed by atoms with Crippen LogP contribution in [-0.2, 0) is 0 Å². The number of fused-ring (bicyclic) bond motifs is 1. The van der Waals surface area contributed by atoms with E-state index in [0.29, 0.717) is 5.92 Å². The van der Waals surface area contributed by atoms with Crippen molar-refractivity contribution < 1.29 is 0 Å². The summed E-state index contributed by atoms with van der Waals surface area (Å²) in [5.74, 6) is 1.45. The molecule has 0 radical (unpaired) electrons. The van der Waals surface area contributed by atoms with Gasteiger partial charge in [0.15, 0.2) is 0 Å². The molecular formula is C16H22N2. The van der Waals surface area contributed by atoms with Gasteiger partial charge < -0.3 is 4.90 Å². The number of pyridine rings is 1. The van der Waals surface area contributed by atoms with Crippen LogP contribution in [0, 0.1) is 0 Å². The van der Waals surface area contributed by atoms with Crippen molar-refractivity contribution in [3.05, 3.63) is 47.8 Å². The monoisotopic (exact) mass is 242 g/mol. The van der Waals surface area contributed by atoms with Crippen LogP contribution in [-0.4, -0.2) is 11.5 Å². The molecule has 2 rings (SSSR count). The number of aromatic nitrogens is 1. The highest BCUT2D eigenvalue weighted by Crippen LogP contribution is 2.36. The van der Waals surface area contributed by atoms with E-state index in [1.807, 2.05) is 12.3 Å². The molecule has 0 saturated carbocycles. The van der Waals surface area contributed by atoms with Crippen LogP contribution in [0.3, 0.4) is 0 Å². The summed E-state index contributed by atoms with van der Waals surface area (Å²) in [6.07, 6.45) is 6.26. The summed E-state index contributed by atoms with van der Waals surface area (Å²) < 4.78 is 0. The molecule has 2 heterocycles. The van der Waals surface area contributed by atoms with E-state index >= 15 is 0 Å². The molecule has 1 aliphatic heterocycles. The lowest BCUT2D eigenvalue weighted by Gasteiger charge is -2.26. The Morgan fingerprint density at radius 1 is 1.39 bits per heavy atom. The highest BCUT2D eigenvalue weighted by Gasteiger charge is 2.23. The molecule has 1 atom stereocenters. The first kappa shape index (κ1) is 12.9. The molecule has 18 heavy (non-hydrogen) atoms. The van der Waals surface area contributed by atoms with E-state index in [1.165, 1.54) is 16.8 Å². The van der Waals surface area contributed by atoms with Crippen LogP contribution in [0.1, 0.15) is 45.1 Å². The summed E-state index contributed by atoms with van der Waals surface area (Å²) in [6, 6.07) is 4.19. The van der Waals surface area contributed by atoms with Crippen molar-refractivity contribution in [1.82, 2.24) is 4.98 Å². The van der Waals surface area contributed by atoms with Crippen molar-refractivity contribution >= 4 is 5.82 Å². The molecule has 0 aliphatic carbocycles. The Bertz CT molecular complexity index is 474. The number of rotatable bonds is 3. The SMILES string of the molecule is C=C1C=C(CC)N(CCC)c2ncccc2C1C. The van der Waals surface area contributed by atoms with E-state index < -0.39 is 0 Å². The predicted octanol–water partition coefficient (Wildman–Crippen LogP) is 4.27. The Labute approximate surface area is 110 Å². The van der Waals surface area contributed by atoms with Crippen molar-refractivity contribution in [1.29, 1.82) is 0 Å². The standard InChI is InChI=1S/C16H22N2/c1-5-10-18-14(6-2)11-12(3)13(4)15-8-7-9-17-16(15)18/h7-9,11,13H,3,5-6,10H2,1-2,4H3. The molecule has 2 heteroatoms. The largest absolute Gasteiger partial charge is 0.330 e. The third-order valence-corrected chi connectivity index (χ3v) is 3.60. The van der Waals surface area contributed by atoms with Gasteiger partial charge in [0, 0.05) is 29.9 Å². The molecule has 1 aromatic heterocycles. The van der Waals surface area contributed by atoms with Crippen molar-refractivity contribution in [2.24, 2.45) is 0 Å². The second kappa shape index (κ2) is 5.38. The Morgan fingerprint density at radius 2 is 2.17 bits per heavy atom. The lowest BCUT2D eigenvalue weighted by Crippen LogP contribution is -2.24. The van der Waals surface area contributed by atoms with Crippen LogP contribution < -0.4 is 4.90 Å².